The molecule has 0 saturated carbocycles. The third-order valence-electron chi connectivity index (χ3n) is 5.81. The fraction of sp³-hybridized carbons (Fsp3) is 0.192. The van der Waals surface area contributed by atoms with E-state index < -0.39 is 0 Å². The zero-order chi connectivity index (χ0) is 23.7. The summed E-state index contributed by atoms with van der Waals surface area (Å²) in [5.41, 5.74) is 4.33. The first kappa shape index (κ1) is 21.9. The van der Waals surface area contributed by atoms with E-state index in [1.165, 1.54) is 0 Å². The zero-order valence-corrected chi connectivity index (χ0v) is 19.0. The number of nitrogens with zero attached hydrogens (tertiary/aromatic N) is 4. The molecule has 7 nitrogen and oxygen atoms in total. The van der Waals surface area contributed by atoms with Crippen molar-refractivity contribution in [3.63, 3.8) is 0 Å². The molecule has 166 valence electrons. The van der Waals surface area contributed by atoms with Crippen LogP contribution >= 0.6 is 0 Å². The molecule has 4 rings (SSSR count). The van der Waals surface area contributed by atoms with Crippen LogP contribution in [0.2, 0.25) is 0 Å². The van der Waals surface area contributed by atoms with Gasteiger partial charge in [0.15, 0.2) is 6.61 Å². The minimum absolute atomic E-state index is 0.161. The Kier molecular flexibility index (Phi) is 5.76. The largest absolute Gasteiger partial charge is 0.485 e. The molecular formula is C26H24N4O3. The molecule has 0 aliphatic heterocycles. The van der Waals surface area contributed by atoms with E-state index >= 15 is 0 Å². The van der Waals surface area contributed by atoms with Crippen molar-refractivity contribution in [3.05, 3.63) is 99.2 Å². The van der Waals surface area contributed by atoms with Gasteiger partial charge in [-0.1, -0.05) is 24.3 Å². The molecule has 0 aliphatic rings. The first-order chi connectivity index (χ1) is 15.8. The van der Waals surface area contributed by atoms with Crippen molar-refractivity contribution in [1.82, 2.24) is 13.9 Å². The minimum Gasteiger partial charge on any atom is -0.485 e. The van der Waals surface area contributed by atoms with Crippen molar-refractivity contribution < 1.29 is 9.53 Å². The van der Waals surface area contributed by atoms with Crippen LogP contribution in [0, 0.1) is 32.1 Å². The lowest BCUT2D eigenvalue weighted by molar-refractivity contribution is 0.0921. The molecular weight excluding hydrogens is 416 g/mol. The number of carbonyl (C=O) groups excluding carboxylic acids is 1. The third-order valence-corrected chi connectivity index (χ3v) is 5.81. The van der Waals surface area contributed by atoms with E-state index in [1.807, 2.05) is 67.4 Å². The predicted octanol–water partition coefficient (Wildman–Crippen LogP) is 4.03. The highest BCUT2D eigenvalue weighted by molar-refractivity contribution is 5.98. The van der Waals surface area contributed by atoms with Gasteiger partial charge in [-0.2, -0.15) is 5.26 Å². The smallest absolute Gasteiger partial charge is 0.295 e. The van der Waals surface area contributed by atoms with Crippen LogP contribution < -0.4 is 10.3 Å². The Labute approximate surface area is 191 Å². The number of benzene rings is 2. The molecule has 0 spiro atoms. The maximum atomic E-state index is 13.5. The molecule has 2 heterocycles. The van der Waals surface area contributed by atoms with Crippen molar-refractivity contribution in [2.24, 2.45) is 7.05 Å². The molecule has 0 bridgehead atoms. The summed E-state index contributed by atoms with van der Waals surface area (Å²) in [6, 6.07) is 20.0. The Morgan fingerprint density at radius 3 is 2.42 bits per heavy atom. The van der Waals surface area contributed by atoms with Gasteiger partial charge in [0.25, 0.3) is 5.56 Å². The van der Waals surface area contributed by atoms with Crippen LogP contribution in [0.5, 0.6) is 5.75 Å². The Hall–Kier alpha value is -4.31. The lowest BCUT2D eigenvalue weighted by Crippen LogP contribution is -2.22. The number of hydrogen-bond donors (Lipinski definition) is 0. The number of ketones is 1. The molecule has 4 aromatic rings. The molecule has 0 amide bonds. The molecule has 0 unspecified atom stereocenters. The van der Waals surface area contributed by atoms with Gasteiger partial charge in [0.1, 0.15) is 11.4 Å². The minimum atomic E-state index is -0.200. The molecule has 0 atom stereocenters. The molecule has 7 heteroatoms. The Morgan fingerprint density at radius 2 is 1.73 bits per heavy atom. The van der Waals surface area contributed by atoms with Gasteiger partial charge in [-0.15, -0.1) is 0 Å². The van der Waals surface area contributed by atoms with E-state index in [0.717, 1.165) is 17.1 Å². The maximum absolute atomic E-state index is 13.5. The fourth-order valence-corrected chi connectivity index (χ4v) is 4.08. The van der Waals surface area contributed by atoms with Crippen molar-refractivity contribution in [2.75, 3.05) is 6.61 Å². The number of aromatic nitrogens is 3. The van der Waals surface area contributed by atoms with Crippen LogP contribution in [0.15, 0.2) is 65.5 Å². The van der Waals surface area contributed by atoms with Gasteiger partial charge in [0.2, 0.25) is 5.78 Å². The number of hydrogen-bond acceptors (Lipinski definition) is 4. The van der Waals surface area contributed by atoms with Gasteiger partial charge in [0.05, 0.1) is 23.0 Å². The van der Waals surface area contributed by atoms with Crippen molar-refractivity contribution in [2.45, 2.75) is 20.8 Å². The van der Waals surface area contributed by atoms with Crippen LogP contribution in [-0.2, 0) is 7.05 Å². The second kappa shape index (κ2) is 8.67. The average molecular weight is 441 g/mol. The van der Waals surface area contributed by atoms with Crippen molar-refractivity contribution in [1.29, 1.82) is 5.26 Å². The number of aryl methyl sites for hydroxylation is 1. The molecule has 0 radical (unpaired) electrons. The fourth-order valence-electron chi connectivity index (χ4n) is 4.08. The van der Waals surface area contributed by atoms with Gasteiger partial charge >= 0.3 is 0 Å². The summed E-state index contributed by atoms with van der Waals surface area (Å²) >= 11 is 0. The lowest BCUT2D eigenvalue weighted by atomic mass is 10.1. The Balaban J connectivity index is 1.69. The van der Waals surface area contributed by atoms with Gasteiger partial charge in [0, 0.05) is 24.0 Å². The number of rotatable bonds is 6. The molecule has 0 aliphatic carbocycles. The third kappa shape index (κ3) is 3.87. The highest BCUT2D eigenvalue weighted by Crippen LogP contribution is 2.23. The summed E-state index contributed by atoms with van der Waals surface area (Å²) in [6.45, 7) is 5.43. The second-order valence-corrected chi connectivity index (χ2v) is 7.88. The van der Waals surface area contributed by atoms with Gasteiger partial charge in [-0.05, 0) is 57.2 Å². The number of ether oxygens (including phenoxy) is 1. The van der Waals surface area contributed by atoms with Crippen LogP contribution in [0.1, 0.15) is 33.0 Å². The normalized spacial score (nSPS) is 10.8. The monoisotopic (exact) mass is 440 g/mol. The number of carbonyl (C=O) groups is 1. The Morgan fingerprint density at radius 1 is 1.00 bits per heavy atom. The number of Topliss-reactive ketones (excluding diaryl/α,β-unsaturated/α-hetero) is 1. The first-order valence-corrected chi connectivity index (χ1v) is 10.5. The van der Waals surface area contributed by atoms with Crippen LogP contribution in [0.25, 0.3) is 11.4 Å². The second-order valence-electron chi connectivity index (χ2n) is 7.88. The van der Waals surface area contributed by atoms with E-state index in [0.29, 0.717) is 28.3 Å². The lowest BCUT2D eigenvalue weighted by Gasteiger charge is -2.09. The van der Waals surface area contributed by atoms with Crippen LogP contribution in [0.3, 0.4) is 0 Å². The first-order valence-electron chi connectivity index (χ1n) is 10.5. The van der Waals surface area contributed by atoms with Crippen molar-refractivity contribution >= 4 is 5.78 Å². The standard InChI is InChI=1S/C26H24N4O3/c1-17-13-23(24(31)16-33-22-12-8-9-20(14-22)15-27)18(2)29(17)25-19(3)28(4)30(26(25)32)21-10-6-5-7-11-21/h5-14H,16H2,1-4H3. The highest BCUT2D eigenvalue weighted by atomic mass is 16.5. The molecule has 0 saturated heterocycles. The summed E-state index contributed by atoms with van der Waals surface area (Å²) in [5, 5.41) is 9.03. The summed E-state index contributed by atoms with van der Waals surface area (Å²) in [5.74, 6) is 0.259. The van der Waals surface area contributed by atoms with E-state index in [2.05, 4.69) is 6.07 Å². The number of para-hydroxylation sites is 1. The van der Waals surface area contributed by atoms with E-state index in [4.69, 9.17) is 10.00 Å². The van der Waals surface area contributed by atoms with Crippen LogP contribution in [-0.4, -0.2) is 26.3 Å². The molecule has 2 aromatic heterocycles. The maximum Gasteiger partial charge on any atom is 0.295 e. The van der Waals surface area contributed by atoms with E-state index in [-0.39, 0.29) is 17.9 Å². The van der Waals surface area contributed by atoms with Crippen molar-refractivity contribution in [3.8, 4) is 23.2 Å². The summed E-state index contributed by atoms with van der Waals surface area (Å²) < 4.78 is 10.9. The quantitative estimate of drug-likeness (QED) is 0.424. The highest BCUT2D eigenvalue weighted by Gasteiger charge is 2.23. The van der Waals surface area contributed by atoms with E-state index in [9.17, 15) is 9.59 Å². The zero-order valence-electron chi connectivity index (χ0n) is 19.0. The summed E-state index contributed by atoms with van der Waals surface area (Å²) in [6.07, 6.45) is 0. The van der Waals surface area contributed by atoms with E-state index in [1.54, 1.807) is 35.0 Å². The number of nitriles is 1. The predicted molar refractivity (Wildman–Crippen MR) is 126 cm³/mol. The molecule has 2 aromatic carbocycles. The molecule has 33 heavy (non-hydrogen) atoms. The van der Waals surface area contributed by atoms with Gasteiger partial charge in [-0.25, -0.2) is 4.68 Å². The van der Waals surface area contributed by atoms with Gasteiger partial charge < -0.3 is 9.30 Å². The Bertz CT molecular complexity index is 1450. The van der Waals surface area contributed by atoms with Crippen LogP contribution in [0.4, 0.5) is 0 Å². The SMILES string of the molecule is Cc1cc(C(=O)COc2cccc(C#N)c2)c(C)n1-c1c(C)n(C)n(-c2ccccc2)c1=O. The molecule has 0 fully saturated rings. The topological polar surface area (TPSA) is 81.9 Å². The molecule has 0 N–H and O–H groups in total. The summed E-state index contributed by atoms with van der Waals surface area (Å²) in [4.78, 5) is 26.4. The average Bonchev–Trinajstić information content (AvgIpc) is 3.23. The van der Waals surface area contributed by atoms with Gasteiger partial charge in [-0.3, -0.25) is 14.3 Å². The summed E-state index contributed by atoms with van der Waals surface area (Å²) in [7, 11) is 1.84.